The second-order valence-electron chi connectivity index (χ2n) is 6.70. The van der Waals surface area contributed by atoms with Crippen molar-refractivity contribution in [2.45, 2.75) is 19.8 Å². The number of carbonyl (C=O) groups is 3. The maximum absolute atomic E-state index is 13.0. The molecule has 2 aromatic carbocycles. The van der Waals surface area contributed by atoms with Crippen molar-refractivity contribution in [2.24, 2.45) is 0 Å². The number of hydrogen-bond donors (Lipinski definition) is 3. The molecule has 3 aromatic rings. The van der Waals surface area contributed by atoms with Gasteiger partial charge in [0.25, 0.3) is 5.91 Å². The van der Waals surface area contributed by atoms with E-state index in [2.05, 4.69) is 16.1 Å². The lowest BCUT2D eigenvalue weighted by Crippen LogP contribution is -2.40. The van der Waals surface area contributed by atoms with Gasteiger partial charge in [-0.3, -0.25) is 19.8 Å². The topological polar surface area (TPSA) is 92.2 Å². The fourth-order valence-electron chi connectivity index (χ4n) is 2.85. The van der Waals surface area contributed by atoms with E-state index in [0.717, 1.165) is 12.8 Å². The number of fused-ring (bicyclic) bond motifs is 1. The molecular weight excluding hydrogens is 463 g/mol. The second-order valence-corrected chi connectivity index (χ2v) is 7.95. The molecule has 3 amide bonds. The van der Waals surface area contributed by atoms with Gasteiger partial charge in [-0.2, -0.15) is 0 Å². The fourth-order valence-corrected chi connectivity index (χ4v) is 3.33. The predicted molar refractivity (Wildman–Crippen MR) is 124 cm³/mol. The van der Waals surface area contributed by atoms with Crippen LogP contribution < -0.4 is 16.1 Å². The summed E-state index contributed by atoms with van der Waals surface area (Å²) < 4.78 is 1.25. The number of nitrogens with one attached hydrogen (secondary N) is 3. The number of aromatic nitrogens is 1. The average Bonchev–Trinajstić information content (AvgIpc) is 3.08. The van der Waals surface area contributed by atoms with E-state index in [1.165, 1.54) is 10.7 Å². The lowest BCUT2D eigenvalue weighted by molar-refractivity contribution is -0.136. The Morgan fingerprint density at radius 2 is 1.71 bits per heavy atom. The van der Waals surface area contributed by atoms with E-state index in [9.17, 15) is 14.4 Å². The highest BCUT2D eigenvalue weighted by molar-refractivity contribution is 6.42. The van der Waals surface area contributed by atoms with Crippen molar-refractivity contribution >= 4 is 69.1 Å². The van der Waals surface area contributed by atoms with Crippen LogP contribution in [-0.4, -0.2) is 28.9 Å². The van der Waals surface area contributed by atoms with Crippen LogP contribution in [0.3, 0.4) is 0 Å². The molecule has 1 aromatic heterocycles. The molecule has 0 saturated heterocycles. The Balaban J connectivity index is 1.91. The normalized spacial score (nSPS) is 10.7. The van der Waals surface area contributed by atoms with Crippen LogP contribution >= 0.6 is 34.8 Å². The van der Waals surface area contributed by atoms with E-state index in [4.69, 9.17) is 34.8 Å². The Labute approximate surface area is 193 Å². The molecule has 0 aliphatic carbocycles. The highest BCUT2D eigenvalue weighted by Gasteiger charge is 2.21. The Morgan fingerprint density at radius 3 is 2.42 bits per heavy atom. The summed E-state index contributed by atoms with van der Waals surface area (Å²) in [6.07, 6.45) is 1.63. The molecule has 0 atom stereocenters. The Bertz CT molecular complexity index is 1160. The van der Waals surface area contributed by atoms with Gasteiger partial charge in [0.05, 0.1) is 15.6 Å². The number of unbranched alkanes of at least 4 members (excludes halogenated alkanes) is 1. The first-order valence-electron chi connectivity index (χ1n) is 9.46. The Morgan fingerprint density at radius 1 is 0.935 bits per heavy atom. The maximum atomic E-state index is 13.0. The summed E-state index contributed by atoms with van der Waals surface area (Å²) in [5, 5.41) is 6.94. The van der Waals surface area contributed by atoms with Crippen molar-refractivity contribution in [3.8, 4) is 0 Å². The first kappa shape index (κ1) is 22.9. The van der Waals surface area contributed by atoms with Crippen LogP contribution in [0.5, 0.6) is 0 Å². The molecule has 0 spiro atoms. The zero-order valence-corrected chi connectivity index (χ0v) is 18.7. The number of hydrogen-bond acceptors (Lipinski definition) is 3. The first-order chi connectivity index (χ1) is 14.8. The van der Waals surface area contributed by atoms with Gasteiger partial charge >= 0.3 is 11.8 Å². The zero-order valence-electron chi connectivity index (χ0n) is 16.5. The van der Waals surface area contributed by atoms with Crippen LogP contribution in [0.1, 0.15) is 30.3 Å². The third kappa shape index (κ3) is 5.50. The van der Waals surface area contributed by atoms with Crippen molar-refractivity contribution in [3.05, 3.63) is 63.2 Å². The molecule has 0 saturated carbocycles. The zero-order chi connectivity index (χ0) is 22.5. The summed E-state index contributed by atoms with van der Waals surface area (Å²) >= 11 is 18.0. The third-order valence-electron chi connectivity index (χ3n) is 4.41. The van der Waals surface area contributed by atoms with Crippen molar-refractivity contribution in [3.63, 3.8) is 0 Å². The van der Waals surface area contributed by atoms with E-state index >= 15 is 0 Å². The summed E-state index contributed by atoms with van der Waals surface area (Å²) in [4.78, 5) is 37.4. The minimum Gasteiger partial charge on any atom is -0.348 e. The van der Waals surface area contributed by atoms with Crippen molar-refractivity contribution in [1.82, 2.24) is 9.99 Å². The lowest BCUT2D eigenvalue weighted by atomic mass is 10.2. The van der Waals surface area contributed by atoms with Crippen molar-refractivity contribution < 1.29 is 14.4 Å². The van der Waals surface area contributed by atoms with Gasteiger partial charge in [-0.15, -0.1) is 0 Å². The summed E-state index contributed by atoms with van der Waals surface area (Å²) in [6.45, 7) is 2.36. The number of amides is 3. The smallest absolute Gasteiger partial charge is 0.328 e. The van der Waals surface area contributed by atoms with Gasteiger partial charge in [-0.05, 0) is 48.9 Å². The maximum Gasteiger partial charge on any atom is 0.328 e. The Kier molecular flexibility index (Phi) is 7.43. The molecule has 3 rings (SSSR count). The van der Waals surface area contributed by atoms with Crippen LogP contribution in [0.15, 0.2) is 42.5 Å². The average molecular weight is 482 g/mol. The van der Waals surface area contributed by atoms with Gasteiger partial charge in [0, 0.05) is 22.6 Å². The predicted octanol–water partition coefficient (Wildman–Crippen LogP) is 4.84. The summed E-state index contributed by atoms with van der Waals surface area (Å²) in [5.41, 5.74) is 3.49. The SMILES string of the molecule is CCCCNC(=O)C(=O)Nn1c(C(=O)Nc2ccc(Cl)c(Cl)c2)cc2cc(Cl)ccc21. The number of nitrogens with zero attached hydrogens (tertiary/aromatic N) is 1. The van der Waals surface area contributed by atoms with Crippen LogP contribution in [0.2, 0.25) is 15.1 Å². The quantitative estimate of drug-likeness (QED) is 0.347. The second kappa shape index (κ2) is 10.0. The Hall–Kier alpha value is -2.74. The molecule has 0 bridgehead atoms. The van der Waals surface area contributed by atoms with E-state index in [-0.39, 0.29) is 10.7 Å². The standard InChI is InChI=1S/C21H19Cl3N4O3/c1-2-3-8-25-20(30)21(31)27-28-17-7-4-13(22)9-12(17)10-18(28)19(29)26-14-5-6-15(23)16(24)11-14/h4-7,9-11H,2-3,8H2,1H3,(H,25,30)(H,26,29)(H,27,31). The van der Waals surface area contributed by atoms with Crippen LogP contribution in [-0.2, 0) is 9.59 Å². The van der Waals surface area contributed by atoms with Gasteiger partial charge in [0.2, 0.25) is 0 Å². The first-order valence-corrected chi connectivity index (χ1v) is 10.6. The molecule has 7 nitrogen and oxygen atoms in total. The molecular formula is C21H19Cl3N4O3. The summed E-state index contributed by atoms with van der Waals surface area (Å²) in [7, 11) is 0. The minimum atomic E-state index is -0.896. The number of anilines is 1. The minimum absolute atomic E-state index is 0.0954. The van der Waals surface area contributed by atoms with E-state index < -0.39 is 17.7 Å². The van der Waals surface area contributed by atoms with Crippen molar-refractivity contribution in [1.29, 1.82) is 0 Å². The molecule has 3 N–H and O–H groups in total. The van der Waals surface area contributed by atoms with Crippen molar-refractivity contribution in [2.75, 3.05) is 17.3 Å². The van der Waals surface area contributed by atoms with Gasteiger partial charge in [-0.1, -0.05) is 48.1 Å². The summed E-state index contributed by atoms with van der Waals surface area (Å²) in [6, 6.07) is 11.1. The summed E-state index contributed by atoms with van der Waals surface area (Å²) in [5.74, 6) is -2.22. The highest BCUT2D eigenvalue weighted by atomic mass is 35.5. The fraction of sp³-hybridized carbons (Fsp3) is 0.190. The van der Waals surface area contributed by atoms with Gasteiger partial charge in [0.15, 0.2) is 0 Å². The van der Waals surface area contributed by atoms with E-state index in [1.54, 1.807) is 36.4 Å². The molecule has 10 heteroatoms. The molecule has 0 fully saturated rings. The van der Waals surface area contributed by atoms with Gasteiger partial charge in [-0.25, -0.2) is 4.68 Å². The van der Waals surface area contributed by atoms with Crippen LogP contribution in [0.4, 0.5) is 5.69 Å². The molecule has 0 unspecified atom stereocenters. The van der Waals surface area contributed by atoms with Gasteiger partial charge in [0.1, 0.15) is 5.69 Å². The number of rotatable bonds is 6. The molecule has 0 aliphatic rings. The van der Waals surface area contributed by atoms with E-state index in [1.807, 2.05) is 6.92 Å². The largest absolute Gasteiger partial charge is 0.348 e. The van der Waals surface area contributed by atoms with Crippen LogP contribution in [0, 0.1) is 0 Å². The monoisotopic (exact) mass is 480 g/mol. The lowest BCUT2D eigenvalue weighted by Gasteiger charge is -2.13. The molecule has 0 radical (unpaired) electrons. The van der Waals surface area contributed by atoms with E-state index in [0.29, 0.717) is 33.2 Å². The molecule has 1 heterocycles. The third-order valence-corrected chi connectivity index (χ3v) is 5.38. The number of carbonyl (C=O) groups excluding carboxylic acids is 3. The molecule has 31 heavy (non-hydrogen) atoms. The molecule has 0 aliphatic heterocycles. The van der Waals surface area contributed by atoms with Gasteiger partial charge < -0.3 is 10.6 Å². The number of halogens is 3. The van der Waals surface area contributed by atoms with Crippen LogP contribution in [0.25, 0.3) is 10.9 Å². The number of benzene rings is 2. The molecule has 162 valence electrons. The highest BCUT2D eigenvalue weighted by Crippen LogP contribution is 2.27.